The van der Waals surface area contributed by atoms with Crippen molar-refractivity contribution in [3.63, 3.8) is 0 Å². The van der Waals surface area contributed by atoms with Crippen molar-refractivity contribution >= 4 is 27.5 Å². The zero-order valence-electron chi connectivity index (χ0n) is 9.09. The van der Waals surface area contributed by atoms with Crippen molar-refractivity contribution < 1.29 is 13.5 Å². The summed E-state index contributed by atoms with van der Waals surface area (Å²) < 4.78 is 32.1. The van der Waals surface area contributed by atoms with Crippen molar-refractivity contribution in [2.24, 2.45) is 0 Å². The Morgan fingerprint density at radius 3 is 2.61 bits per heavy atom. The highest BCUT2D eigenvalue weighted by molar-refractivity contribution is 9.10. The fourth-order valence-corrected chi connectivity index (χ4v) is 1.88. The molecule has 2 aromatic rings. The number of ether oxygens (including phenoxy) is 1. The Kier molecular flexibility index (Phi) is 4.19. The van der Waals surface area contributed by atoms with E-state index in [9.17, 15) is 8.78 Å². The Morgan fingerprint density at radius 2 is 1.89 bits per heavy atom. The Morgan fingerprint density at radius 1 is 1.11 bits per heavy atom. The number of rotatable bonds is 3. The molecule has 0 fully saturated rings. The van der Waals surface area contributed by atoms with Crippen molar-refractivity contribution in [1.82, 2.24) is 0 Å². The molecule has 0 radical (unpaired) electrons. The van der Waals surface area contributed by atoms with Crippen molar-refractivity contribution in [1.29, 1.82) is 0 Å². The summed E-state index contributed by atoms with van der Waals surface area (Å²) >= 11 is 8.69. The Labute approximate surface area is 116 Å². The maximum Gasteiger partial charge on any atom is 0.145 e. The molecular weight excluding hydrogens is 325 g/mol. The zero-order valence-corrected chi connectivity index (χ0v) is 11.4. The molecule has 94 valence electrons. The summed E-state index contributed by atoms with van der Waals surface area (Å²) in [5, 5.41) is 0.0364. The molecule has 0 bridgehead atoms. The van der Waals surface area contributed by atoms with Crippen molar-refractivity contribution in [3.05, 3.63) is 63.1 Å². The highest BCUT2D eigenvalue weighted by atomic mass is 79.9. The van der Waals surface area contributed by atoms with Crippen LogP contribution in [0.15, 0.2) is 40.9 Å². The third-order valence-electron chi connectivity index (χ3n) is 2.32. The fourth-order valence-electron chi connectivity index (χ4n) is 1.39. The van der Waals surface area contributed by atoms with Gasteiger partial charge < -0.3 is 4.74 Å². The van der Waals surface area contributed by atoms with E-state index in [-0.39, 0.29) is 17.4 Å². The van der Waals surface area contributed by atoms with Crippen molar-refractivity contribution in [2.45, 2.75) is 6.61 Å². The first-order chi connectivity index (χ1) is 8.58. The van der Waals surface area contributed by atoms with Gasteiger partial charge in [-0.05, 0) is 34.1 Å². The van der Waals surface area contributed by atoms with Crippen LogP contribution in [0.3, 0.4) is 0 Å². The smallest absolute Gasteiger partial charge is 0.145 e. The van der Waals surface area contributed by atoms with Gasteiger partial charge >= 0.3 is 0 Å². The first kappa shape index (κ1) is 13.3. The van der Waals surface area contributed by atoms with E-state index in [0.717, 1.165) is 0 Å². The second-order valence-electron chi connectivity index (χ2n) is 3.58. The van der Waals surface area contributed by atoms with Crippen LogP contribution in [0.1, 0.15) is 5.56 Å². The number of halogens is 4. The molecule has 0 aliphatic carbocycles. The van der Waals surface area contributed by atoms with Gasteiger partial charge in [-0.15, -0.1) is 0 Å². The zero-order chi connectivity index (χ0) is 13.1. The Hall–Kier alpha value is -1.13. The van der Waals surface area contributed by atoms with Gasteiger partial charge in [0.1, 0.15) is 24.0 Å². The Bertz CT molecular complexity index is 575. The third kappa shape index (κ3) is 3.00. The Balaban J connectivity index is 2.11. The van der Waals surface area contributed by atoms with E-state index in [4.69, 9.17) is 16.3 Å². The molecular formula is C13H8BrClF2O. The maximum atomic E-state index is 13.2. The van der Waals surface area contributed by atoms with Gasteiger partial charge in [0.2, 0.25) is 0 Å². The molecule has 0 atom stereocenters. The third-order valence-corrected chi connectivity index (χ3v) is 3.51. The largest absolute Gasteiger partial charge is 0.489 e. The van der Waals surface area contributed by atoms with Gasteiger partial charge in [-0.2, -0.15) is 0 Å². The number of benzene rings is 2. The SMILES string of the molecule is Fc1cc(OCc2cccc(F)c2Br)ccc1Cl. The standard InChI is InChI=1S/C13H8BrClF2O/c14-13-8(2-1-3-11(13)16)7-18-9-4-5-10(15)12(17)6-9/h1-6H,7H2. The average molecular weight is 334 g/mol. The van der Waals surface area contributed by atoms with E-state index in [1.54, 1.807) is 18.2 Å². The molecule has 0 amide bonds. The summed E-state index contributed by atoms with van der Waals surface area (Å²) in [7, 11) is 0. The molecule has 0 N–H and O–H groups in total. The van der Waals surface area contributed by atoms with Crippen LogP contribution in [0.4, 0.5) is 8.78 Å². The number of hydrogen-bond donors (Lipinski definition) is 0. The van der Waals surface area contributed by atoms with Crippen LogP contribution in [0.2, 0.25) is 5.02 Å². The van der Waals surface area contributed by atoms with Gasteiger partial charge in [-0.25, -0.2) is 8.78 Å². The minimum atomic E-state index is -0.549. The summed E-state index contributed by atoms with van der Waals surface area (Å²) in [6.07, 6.45) is 0. The normalized spacial score (nSPS) is 10.4. The predicted octanol–water partition coefficient (Wildman–Crippen LogP) is 4.96. The van der Waals surface area contributed by atoms with Crippen LogP contribution in [0.25, 0.3) is 0 Å². The molecule has 2 rings (SSSR count). The first-order valence-electron chi connectivity index (χ1n) is 5.08. The van der Waals surface area contributed by atoms with Gasteiger partial charge in [0.05, 0.1) is 9.50 Å². The fraction of sp³-hybridized carbons (Fsp3) is 0.0769. The van der Waals surface area contributed by atoms with Crippen LogP contribution < -0.4 is 4.74 Å². The molecule has 2 aromatic carbocycles. The summed E-state index contributed by atoms with van der Waals surface area (Å²) in [6, 6.07) is 8.80. The lowest BCUT2D eigenvalue weighted by molar-refractivity contribution is 0.303. The topological polar surface area (TPSA) is 9.23 Å². The molecule has 0 heterocycles. The van der Waals surface area contributed by atoms with Crippen molar-refractivity contribution in [3.8, 4) is 5.75 Å². The van der Waals surface area contributed by atoms with E-state index in [1.807, 2.05) is 0 Å². The van der Waals surface area contributed by atoms with Gasteiger partial charge in [-0.1, -0.05) is 23.7 Å². The van der Waals surface area contributed by atoms with Crippen LogP contribution >= 0.6 is 27.5 Å². The summed E-state index contributed by atoms with van der Waals surface area (Å²) in [5.74, 6) is -0.570. The van der Waals surface area contributed by atoms with Gasteiger partial charge in [0, 0.05) is 11.6 Å². The lowest BCUT2D eigenvalue weighted by atomic mass is 10.2. The molecule has 0 aromatic heterocycles. The molecule has 18 heavy (non-hydrogen) atoms. The minimum absolute atomic E-state index is 0.0364. The maximum absolute atomic E-state index is 13.2. The van der Waals surface area contributed by atoms with E-state index < -0.39 is 5.82 Å². The van der Waals surface area contributed by atoms with E-state index in [1.165, 1.54) is 18.2 Å². The number of hydrogen-bond acceptors (Lipinski definition) is 1. The van der Waals surface area contributed by atoms with Crippen LogP contribution in [-0.2, 0) is 6.61 Å². The predicted molar refractivity (Wildman–Crippen MR) is 69.8 cm³/mol. The summed E-state index contributed by atoms with van der Waals surface area (Å²) in [5.41, 5.74) is 0.644. The summed E-state index contributed by atoms with van der Waals surface area (Å²) in [4.78, 5) is 0. The molecule has 0 aliphatic heterocycles. The van der Waals surface area contributed by atoms with Crippen LogP contribution in [0.5, 0.6) is 5.75 Å². The lowest BCUT2D eigenvalue weighted by Gasteiger charge is -2.08. The average Bonchev–Trinajstić information content (AvgIpc) is 2.35. The van der Waals surface area contributed by atoms with Crippen molar-refractivity contribution in [2.75, 3.05) is 0 Å². The second-order valence-corrected chi connectivity index (χ2v) is 4.78. The highest BCUT2D eigenvalue weighted by Gasteiger charge is 2.07. The van der Waals surface area contributed by atoms with Crippen LogP contribution in [-0.4, -0.2) is 0 Å². The molecule has 5 heteroatoms. The quantitative estimate of drug-likeness (QED) is 0.771. The molecule has 0 saturated heterocycles. The molecule has 0 unspecified atom stereocenters. The molecule has 0 spiro atoms. The molecule has 0 aliphatic rings. The summed E-state index contributed by atoms with van der Waals surface area (Å²) in [6.45, 7) is 0.138. The monoisotopic (exact) mass is 332 g/mol. The first-order valence-corrected chi connectivity index (χ1v) is 6.26. The van der Waals surface area contributed by atoms with Gasteiger partial charge in [-0.3, -0.25) is 0 Å². The van der Waals surface area contributed by atoms with E-state index >= 15 is 0 Å². The second kappa shape index (κ2) is 5.67. The molecule has 0 saturated carbocycles. The van der Waals surface area contributed by atoms with E-state index in [2.05, 4.69) is 15.9 Å². The van der Waals surface area contributed by atoms with E-state index in [0.29, 0.717) is 15.8 Å². The minimum Gasteiger partial charge on any atom is -0.489 e. The van der Waals surface area contributed by atoms with Gasteiger partial charge in [0.15, 0.2) is 0 Å². The lowest BCUT2D eigenvalue weighted by Crippen LogP contribution is -1.98. The van der Waals surface area contributed by atoms with Gasteiger partial charge in [0.25, 0.3) is 0 Å². The molecule has 1 nitrogen and oxygen atoms in total. The van der Waals surface area contributed by atoms with Crippen LogP contribution in [0, 0.1) is 11.6 Å². The highest BCUT2D eigenvalue weighted by Crippen LogP contribution is 2.24.